The predicted molar refractivity (Wildman–Crippen MR) is 52.0 cm³/mol. The number of rotatable bonds is 5. The maximum atomic E-state index is 5.85. The molecule has 11 heavy (non-hydrogen) atoms. The van der Waals surface area contributed by atoms with Gasteiger partial charge in [0.15, 0.2) is 0 Å². The van der Waals surface area contributed by atoms with Crippen LogP contribution in [0, 0.1) is 5.92 Å². The Morgan fingerprint density at radius 3 is 2.91 bits per heavy atom. The van der Waals surface area contributed by atoms with Crippen LogP contribution in [0.2, 0.25) is 0 Å². The van der Waals surface area contributed by atoms with E-state index in [1.54, 1.807) is 0 Å². The summed E-state index contributed by atoms with van der Waals surface area (Å²) in [4.78, 5) is 0. The minimum absolute atomic E-state index is 0.315. The Bertz CT molecular complexity index is 130. The van der Waals surface area contributed by atoms with E-state index in [-0.39, 0.29) is 0 Å². The van der Waals surface area contributed by atoms with Crippen molar-refractivity contribution < 1.29 is 0 Å². The van der Waals surface area contributed by atoms with Crippen LogP contribution in [0.25, 0.3) is 0 Å². The Morgan fingerprint density at radius 1 is 1.64 bits per heavy atom. The van der Waals surface area contributed by atoms with Crippen LogP contribution in [0.1, 0.15) is 39.0 Å². The molecule has 1 fully saturated rings. The molecule has 0 radical (unpaired) electrons. The second kappa shape index (κ2) is 4.71. The topological polar surface area (TPSA) is 26.0 Å². The molecule has 0 aromatic rings. The SMILES string of the molecule is CCCCC(N)/B=C\C1CC1. The minimum atomic E-state index is 0.315. The summed E-state index contributed by atoms with van der Waals surface area (Å²) < 4.78 is 0. The van der Waals surface area contributed by atoms with E-state index in [0.29, 0.717) is 5.94 Å². The van der Waals surface area contributed by atoms with Crippen LogP contribution in [0.3, 0.4) is 0 Å². The van der Waals surface area contributed by atoms with Gasteiger partial charge in [-0.1, -0.05) is 0 Å². The fraction of sp³-hybridized carbons (Fsp3) is 0.889. The Morgan fingerprint density at radius 2 is 2.36 bits per heavy atom. The van der Waals surface area contributed by atoms with E-state index in [4.69, 9.17) is 5.73 Å². The maximum absolute atomic E-state index is 5.85. The van der Waals surface area contributed by atoms with Crippen molar-refractivity contribution in [3.63, 3.8) is 0 Å². The van der Waals surface area contributed by atoms with Gasteiger partial charge in [0.1, 0.15) is 0 Å². The molecule has 0 aromatic heterocycles. The molecule has 1 aliphatic carbocycles. The quantitative estimate of drug-likeness (QED) is 0.590. The summed E-state index contributed by atoms with van der Waals surface area (Å²) in [6, 6.07) is 0. The van der Waals surface area contributed by atoms with E-state index in [2.05, 4.69) is 19.8 Å². The Hall–Kier alpha value is -0.105. The second-order valence-corrected chi connectivity index (χ2v) is 3.53. The molecule has 0 spiro atoms. The first-order valence-corrected chi connectivity index (χ1v) is 4.77. The van der Waals surface area contributed by atoms with Crippen molar-refractivity contribution in [2.45, 2.75) is 45.0 Å². The first kappa shape index (κ1) is 8.99. The van der Waals surface area contributed by atoms with Gasteiger partial charge in [0.25, 0.3) is 0 Å². The number of nitrogens with two attached hydrogens (primary N) is 1. The van der Waals surface area contributed by atoms with E-state index in [9.17, 15) is 0 Å². The van der Waals surface area contributed by atoms with E-state index in [0.717, 1.165) is 12.3 Å². The third kappa shape index (κ3) is 4.36. The summed E-state index contributed by atoms with van der Waals surface area (Å²) in [5.41, 5.74) is 5.85. The molecule has 1 rings (SSSR count). The van der Waals surface area contributed by atoms with Crippen LogP contribution in [-0.2, 0) is 0 Å². The zero-order valence-electron chi connectivity index (χ0n) is 7.42. The molecule has 2 heteroatoms. The Kier molecular flexibility index (Phi) is 3.85. The van der Waals surface area contributed by atoms with Gasteiger partial charge in [-0.25, -0.2) is 0 Å². The third-order valence-corrected chi connectivity index (χ3v) is 2.14. The molecule has 1 unspecified atom stereocenters. The van der Waals surface area contributed by atoms with Gasteiger partial charge in [0, 0.05) is 0 Å². The van der Waals surface area contributed by atoms with Gasteiger partial charge in [0.2, 0.25) is 0 Å². The van der Waals surface area contributed by atoms with Crippen molar-refractivity contribution in [3.05, 3.63) is 0 Å². The zero-order valence-corrected chi connectivity index (χ0v) is 7.42. The second-order valence-electron chi connectivity index (χ2n) is 3.53. The van der Waals surface area contributed by atoms with E-state index < -0.39 is 0 Å². The van der Waals surface area contributed by atoms with Crippen molar-refractivity contribution in [2.75, 3.05) is 0 Å². The average Bonchev–Trinajstić information content (AvgIpc) is 2.80. The summed E-state index contributed by atoms with van der Waals surface area (Å²) in [6.45, 7) is 4.39. The van der Waals surface area contributed by atoms with E-state index in [1.807, 2.05) is 0 Å². The molecule has 0 aromatic carbocycles. The fourth-order valence-electron chi connectivity index (χ4n) is 1.12. The average molecular weight is 151 g/mol. The van der Waals surface area contributed by atoms with Crippen LogP contribution >= 0.6 is 0 Å². The summed E-state index contributed by atoms with van der Waals surface area (Å²) in [5.74, 6) is 3.48. The molecule has 0 bridgehead atoms. The third-order valence-electron chi connectivity index (χ3n) is 2.14. The van der Waals surface area contributed by atoms with Gasteiger partial charge in [-0.2, -0.15) is 0 Å². The zero-order chi connectivity index (χ0) is 8.10. The van der Waals surface area contributed by atoms with E-state index in [1.165, 1.54) is 25.7 Å². The first-order chi connectivity index (χ1) is 5.33. The first-order valence-electron chi connectivity index (χ1n) is 4.77. The standard InChI is InChI=1S/C9H18BN/c1-2-3-4-9(11)10-7-8-5-6-8/h7-9H,2-6,11H2,1H3. The molecule has 1 atom stereocenters. The summed E-state index contributed by atoms with van der Waals surface area (Å²) in [5, 5.41) is 0. The van der Waals surface area contributed by atoms with Gasteiger partial charge in [-0.3, -0.25) is 0 Å². The predicted octanol–water partition coefficient (Wildman–Crippen LogP) is 1.38. The molecule has 2 N–H and O–H groups in total. The fourth-order valence-corrected chi connectivity index (χ4v) is 1.12. The normalized spacial score (nSPS) is 20.2. The molecule has 0 heterocycles. The molecular formula is C9H18BN. The van der Waals surface area contributed by atoms with Crippen molar-refractivity contribution in [2.24, 2.45) is 11.7 Å². The molecule has 62 valence electrons. The van der Waals surface area contributed by atoms with Crippen LogP contribution in [0.15, 0.2) is 0 Å². The number of hydrogen-bond donors (Lipinski definition) is 1. The Balaban J connectivity index is 2.03. The summed E-state index contributed by atoms with van der Waals surface area (Å²) >= 11 is 0. The van der Waals surface area contributed by atoms with Gasteiger partial charge >= 0.3 is 69.5 Å². The Labute approximate surface area is 70.3 Å². The molecule has 0 aliphatic heterocycles. The molecule has 1 saturated carbocycles. The molecular weight excluding hydrogens is 133 g/mol. The van der Waals surface area contributed by atoms with Gasteiger partial charge < -0.3 is 0 Å². The summed E-state index contributed by atoms with van der Waals surface area (Å²) in [6.07, 6.45) is 6.44. The van der Waals surface area contributed by atoms with Crippen molar-refractivity contribution in [3.8, 4) is 0 Å². The van der Waals surface area contributed by atoms with Crippen molar-refractivity contribution in [1.29, 1.82) is 0 Å². The van der Waals surface area contributed by atoms with Crippen LogP contribution < -0.4 is 5.73 Å². The van der Waals surface area contributed by atoms with Crippen LogP contribution in [0.4, 0.5) is 0 Å². The number of unbranched alkanes of at least 4 members (excludes halogenated alkanes) is 1. The van der Waals surface area contributed by atoms with E-state index >= 15 is 0 Å². The van der Waals surface area contributed by atoms with Crippen LogP contribution in [0.5, 0.6) is 0 Å². The monoisotopic (exact) mass is 151 g/mol. The molecule has 0 amide bonds. The van der Waals surface area contributed by atoms with Gasteiger partial charge in [-0.05, 0) is 0 Å². The van der Waals surface area contributed by atoms with Crippen molar-refractivity contribution >= 4 is 12.9 Å². The molecule has 1 aliphatic rings. The molecule has 0 saturated heterocycles. The molecule has 1 nitrogen and oxygen atoms in total. The van der Waals surface area contributed by atoms with Gasteiger partial charge in [-0.15, -0.1) is 0 Å². The van der Waals surface area contributed by atoms with Gasteiger partial charge in [0.05, 0.1) is 0 Å². The van der Waals surface area contributed by atoms with Crippen LogP contribution in [-0.4, -0.2) is 18.8 Å². The van der Waals surface area contributed by atoms with Crippen molar-refractivity contribution in [1.82, 2.24) is 0 Å². The summed E-state index contributed by atoms with van der Waals surface area (Å²) in [7, 11) is 0. The number of hydrogen-bond acceptors (Lipinski definition) is 1.